The van der Waals surface area contributed by atoms with Crippen molar-refractivity contribution in [3.8, 4) is 5.75 Å². The van der Waals surface area contributed by atoms with Crippen molar-refractivity contribution < 1.29 is 14.6 Å². The van der Waals surface area contributed by atoms with Gasteiger partial charge in [0, 0.05) is 0 Å². The van der Waals surface area contributed by atoms with Gasteiger partial charge >= 0.3 is 5.97 Å². The van der Waals surface area contributed by atoms with Crippen molar-refractivity contribution in [1.29, 1.82) is 0 Å². The number of hydrogen-bond donors (Lipinski definition) is 1. The summed E-state index contributed by atoms with van der Waals surface area (Å²) in [5, 5.41) is 10.8. The fourth-order valence-electron chi connectivity index (χ4n) is 3.60. The van der Waals surface area contributed by atoms with E-state index >= 15 is 0 Å². The molecule has 1 aromatic carbocycles. The van der Waals surface area contributed by atoms with Gasteiger partial charge in [-0.1, -0.05) is 115 Å². The Morgan fingerprint density at radius 1 is 0.833 bits per heavy atom. The van der Waals surface area contributed by atoms with Gasteiger partial charge < -0.3 is 9.84 Å². The fourth-order valence-corrected chi connectivity index (χ4v) is 4.14. The number of phenols is 1. The highest BCUT2D eigenvalue weighted by Gasteiger charge is 2.27. The van der Waals surface area contributed by atoms with Crippen LogP contribution in [0.3, 0.4) is 0 Å². The van der Waals surface area contributed by atoms with E-state index in [1.165, 1.54) is 43.0 Å². The molecule has 0 aromatic heterocycles. The zero-order valence-electron chi connectivity index (χ0n) is 20.1. The average molecular weight is 531 g/mol. The predicted octanol–water partition coefficient (Wildman–Crippen LogP) is 7.63. The maximum atomic E-state index is 12.4. The Morgan fingerprint density at radius 2 is 1.27 bits per heavy atom. The van der Waals surface area contributed by atoms with Gasteiger partial charge in [0.1, 0.15) is 5.75 Å². The normalized spacial score (nSPS) is 12.2. The summed E-state index contributed by atoms with van der Waals surface area (Å²) in [7, 11) is 0. The summed E-state index contributed by atoms with van der Waals surface area (Å²) in [4.78, 5) is 12.4. The van der Waals surface area contributed by atoms with Crippen LogP contribution in [-0.2, 0) is 26.8 Å². The summed E-state index contributed by atoms with van der Waals surface area (Å²) >= 11 is 2.44. The average Bonchev–Trinajstić information content (AvgIpc) is 2.62. The van der Waals surface area contributed by atoms with Gasteiger partial charge in [-0.05, 0) is 44.8 Å². The molecular weight excluding hydrogens is 487 g/mol. The van der Waals surface area contributed by atoms with E-state index in [2.05, 4.69) is 64.1 Å². The number of halogens is 1. The van der Waals surface area contributed by atoms with E-state index in [9.17, 15) is 9.90 Å². The van der Waals surface area contributed by atoms with E-state index in [0.29, 0.717) is 12.4 Å². The zero-order valence-corrected chi connectivity index (χ0v) is 22.2. The topological polar surface area (TPSA) is 46.5 Å². The van der Waals surface area contributed by atoms with Crippen molar-refractivity contribution in [2.45, 2.75) is 110 Å². The van der Waals surface area contributed by atoms with Crippen LogP contribution in [0.25, 0.3) is 0 Å². The Hall–Kier alpha value is -0.780. The van der Waals surface area contributed by atoms with Crippen molar-refractivity contribution in [3.63, 3.8) is 0 Å². The number of carbonyl (C=O) groups excluding carboxylic acids is 1. The molecule has 0 radical (unpaired) electrons. The van der Waals surface area contributed by atoms with Crippen LogP contribution >= 0.6 is 22.6 Å². The zero-order chi connectivity index (χ0) is 22.8. The summed E-state index contributed by atoms with van der Waals surface area (Å²) in [6.07, 6.45) is 10.2. The molecule has 0 atom stereocenters. The summed E-state index contributed by atoms with van der Waals surface area (Å²) in [6, 6.07) is 3.92. The molecule has 3 nitrogen and oxygen atoms in total. The molecule has 0 bridgehead atoms. The van der Waals surface area contributed by atoms with E-state index < -0.39 is 0 Å². The molecule has 1 N–H and O–H groups in total. The molecule has 0 fully saturated rings. The Bertz CT molecular complexity index is 618. The SMILES string of the molecule is CC(C)(C)c1cc(CC(=O)OCCCCCCCCCCI)cc(C(C)(C)C)c1O. The van der Waals surface area contributed by atoms with Crippen LogP contribution in [0.2, 0.25) is 0 Å². The van der Waals surface area contributed by atoms with Gasteiger partial charge in [0.15, 0.2) is 0 Å². The molecule has 0 heterocycles. The highest BCUT2D eigenvalue weighted by atomic mass is 127. The molecule has 0 saturated heterocycles. The van der Waals surface area contributed by atoms with E-state index in [0.717, 1.165) is 29.5 Å². The highest BCUT2D eigenvalue weighted by molar-refractivity contribution is 14.1. The third kappa shape index (κ3) is 10.0. The van der Waals surface area contributed by atoms with Gasteiger partial charge in [-0.15, -0.1) is 0 Å². The molecule has 0 aliphatic rings. The molecular formula is C26H43IO3. The molecule has 0 spiro atoms. The largest absolute Gasteiger partial charge is 0.507 e. The molecule has 4 heteroatoms. The molecule has 0 aliphatic heterocycles. The second-order valence-electron chi connectivity index (χ2n) is 10.5. The summed E-state index contributed by atoms with van der Waals surface area (Å²) in [6.45, 7) is 13.0. The first kappa shape index (κ1) is 27.3. The lowest BCUT2D eigenvalue weighted by Gasteiger charge is -2.28. The number of carbonyl (C=O) groups is 1. The molecule has 30 heavy (non-hydrogen) atoms. The summed E-state index contributed by atoms with van der Waals surface area (Å²) < 4.78 is 6.75. The maximum Gasteiger partial charge on any atom is 0.310 e. The number of benzene rings is 1. The fraction of sp³-hybridized carbons (Fsp3) is 0.731. The van der Waals surface area contributed by atoms with Crippen LogP contribution in [0.1, 0.15) is 110 Å². The first-order chi connectivity index (χ1) is 14.0. The van der Waals surface area contributed by atoms with Crippen molar-refractivity contribution in [2.75, 3.05) is 11.0 Å². The quantitative estimate of drug-likeness (QED) is 0.131. The Morgan fingerprint density at radius 3 is 1.70 bits per heavy atom. The van der Waals surface area contributed by atoms with Gasteiger partial charge in [-0.2, -0.15) is 0 Å². The number of esters is 1. The lowest BCUT2D eigenvalue weighted by Crippen LogP contribution is -2.19. The second kappa shape index (κ2) is 12.9. The Labute approximate surface area is 198 Å². The minimum Gasteiger partial charge on any atom is -0.507 e. The molecule has 0 saturated carbocycles. The van der Waals surface area contributed by atoms with Crippen molar-refractivity contribution in [2.24, 2.45) is 0 Å². The van der Waals surface area contributed by atoms with Crippen LogP contribution in [-0.4, -0.2) is 22.1 Å². The molecule has 0 unspecified atom stereocenters. The van der Waals surface area contributed by atoms with Gasteiger partial charge in [-0.3, -0.25) is 4.79 Å². The molecule has 0 amide bonds. The molecule has 1 aromatic rings. The van der Waals surface area contributed by atoms with Crippen molar-refractivity contribution in [3.05, 3.63) is 28.8 Å². The van der Waals surface area contributed by atoms with Crippen LogP contribution in [0.5, 0.6) is 5.75 Å². The van der Waals surface area contributed by atoms with Crippen molar-refractivity contribution >= 4 is 28.6 Å². The minimum absolute atomic E-state index is 0.181. The number of unbranched alkanes of at least 4 members (excludes halogenated alkanes) is 7. The predicted molar refractivity (Wildman–Crippen MR) is 136 cm³/mol. The van der Waals surface area contributed by atoms with E-state index in [1.54, 1.807) is 0 Å². The monoisotopic (exact) mass is 530 g/mol. The number of aromatic hydroxyl groups is 1. The van der Waals surface area contributed by atoms with E-state index in [4.69, 9.17) is 4.74 Å². The van der Waals surface area contributed by atoms with E-state index in [-0.39, 0.29) is 23.2 Å². The van der Waals surface area contributed by atoms with Crippen LogP contribution in [0.15, 0.2) is 12.1 Å². The van der Waals surface area contributed by atoms with Crippen LogP contribution < -0.4 is 0 Å². The Kier molecular flexibility index (Phi) is 11.7. The number of phenolic OH excluding ortho intramolecular Hbond substituents is 1. The standard InChI is InChI=1S/C26H43IO3/c1-25(2,3)21-17-20(18-22(24(21)29)26(4,5)6)19-23(28)30-16-14-12-10-8-7-9-11-13-15-27/h17-18,29H,7-16,19H2,1-6H3. The van der Waals surface area contributed by atoms with Crippen LogP contribution in [0, 0.1) is 0 Å². The van der Waals surface area contributed by atoms with Crippen molar-refractivity contribution in [1.82, 2.24) is 0 Å². The Balaban J connectivity index is 2.52. The lowest BCUT2D eigenvalue weighted by molar-refractivity contribution is -0.142. The van der Waals surface area contributed by atoms with E-state index in [1.807, 2.05) is 12.1 Å². The maximum absolute atomic E-state index is 12.4. The number of alkyl halides is 1. The third-order valence-corrected chi connectivity index (χ3v) is 6.19. The first-order valence-electron chi connectivity index (χ1n) is 11.5. The minimum atomic E-state index is -0.194. The van der Waals surface area contributed by atoms with Gasteiger partial charge in [0.2, 0.25) is 0 Å². The number of ether oxygens (including phenoxy) is 1. The first-order valence-corrected chi connectivity index (χ1v) is 13.1. The third-order valence-electron chi connectivity index (χ3n) is 5.43. The van der Waals surface area contributed by atoms with Crippen LogP contribution in [0.4, 0.5) is 0 Å². The smallest absolute Gasteiger partial charge is 0.310 e. The number of hydrogen-bond acceptors (Lipinski definition) is 3. The molecule has 172 valence electrons. The molecule has 0 aliphatic carbocycles. The van der Waals surface area contributed by atoms with Gasteiger partial charge in [0.25, 0.3) is 0 Å². The highest BCUT2D eigenvalue weighted by Crippen LogP contribution is 2.39. The molecule has 1 rings (SSSR count). The summed E-state index contributed by atoms with van der Waals surface area (Å²) in [5.74, 6) is 0.167. The van der Waals surface area contributed by atoms with Gasteiger partial charge in [-0.25, -0.2) is 0 Å². The summed E-state index contributed by atoms with van der Waals surface area (Å²) in [5.41, 5.74) is 2.30. The van der Waals surface area contributed by atoms with Gasteiger partial charge in [0.05, 0.1) is 13.0 Å². The lowest BCUT2D eigenvalue weighted by atomic mass is 9.78. The number of rotatable bonds is 12. The second-order valence-corrected chi connectivity index (χ2v) is 11.5.